The predicted octanol–water partition coefficient (Wildman–Crippen LogP) is 4.32. The molecule has 0 bridgehead atoms. The second kappa shape index (κ2) is 10.5. The van der Waals surface area contributed by atoms with Crippen molar-refractivity contribution in [3.63, 3.8) is 0 Å². The molecule has 0 spiro atoms. The zero-order valence-electron chi connectivity index (χ0n) is 20.4. The molecule has 1 aliphatic rings. The number of hydrazine groups is 1. The molecule has 1 saturated heterocycles. The highest BCUT2D eigenvalue weighted by Gasteiger charge is 2.43. The highest BCUT2D eigenvalue weighted by atomic mass is 35.5. The Morgan fingerprint density at radius 2 is 1.86 bits per heavy atom. The van der Waals surface area contributed by atoms with E-state index in [0.29, 0.717) is 10.7 Å². The molecule has 0 aliphatic carbocycles. The maximum Gasteiger partial charge on any atom is 0.345 e. The minimum absolute atomic E-state index is 0.130. The number of carbonyl (C=O) groups excluding carboxylic acids is 3. The number of aromatic amines is 1. The van der Waals surface area contributed by atoms with Gasteiger partial charge in [-0.25, -0.2) is 25.3 Å². The molecule has 4 amide bonds. The number of carbonyl (C=O) groups is 3. The van der Waals surface area contributed by atoms with E-state index in [4.69, 9.17) is 22.2 Å². The summed E-state index contributed by atoms with van der Waals surface area (Å²) in [5, 5.41) is 5.78. The van der Waals surface area contributed by atoms with Crippen LogP contribution in [0.15, 0.2) is 42.5 Å². The number of imide groups is 1. The zero-order chi connectivity index (χ0) is 26.0. The fraction of sp³-hybridized carbons (Fsp3) is 0.320. The van der Waals surface area contributed by atoms with Gasteiger partial charge in [-0.1, -0.05) is 23.7 Å². The lowest BCUT2D eigenvalue weighted by molar-refractivity contribution is -0.143. The van der Waals surface area contributed by atoms with Crippen molar-refractivity contribution in [3.8, 4) is 0 Å². The van der Waals surface area contributed by atoms with Crippen molar-refractivity contribution in [2.45, 2.75) is 40.0 Å². The normalized spacial score (nSPS) is 16.1. The van der Waals surface area contributed by atoms with Gasteiger partial charge in [-0.15, -0.1) is 0 Å². The molecule has 36 heavy (non-hydrogen) atoms. The number of ether oxygens (including phenoxy) is 1. The average molecular weight is 513 g/mol. The van der Waals surface area contributed by atoms with Crippen molar-refractivity contribution in [3.05, 3.63) is 64.3 Å². The van der Waals surface area contributed by atoms with Crippen LogP contribution in [0.4, 0.5) is 15.3 Å². The molecule has 1 fully saturated rings. The van der Waals surface area contributed by atoms with Crippen LogP contribution in [0.3, 0.4) is 0 Å². The van der Waals surface area contributed by atoms with Crippen LogP contribution in [0.5, 0.6) is 0 Å². The lowest BCUT2D eigenvalue weighted by Gasteiger charge is -2.45. The Morgan fingerprint density at radius 3 is 2.56 bits per heavy atom. The lowest BCUT2D eigenvalue weighted by atomic mass is 10.1. The van der Waals surface area contributed by atoms with E-state index in [0.717, 1.165) is 37.6 Å². The number of anilines is 1. The third kappa shape index (κ3) is 5.09. The SMILES string of the molecule is CCOC(=O)CCN1C(=O)N(N)C(Nc2ccc3[nH]c(C)c(C)c3c2)N(Cc2ccc(Cl)cc2)C1=O. The van der Waals surface area contributed by atoms with Gasteiger partial charge in [0.15, 0.2) is 0 Å². The van der Waals surface area contributed by atoms with Gasteiger partial charge in [0.1, 0.15) is 0 Å². The molecule has 10 nitrogen and oxygen atoms in total. The van der Waals surface area contributed by atoms with E-state index < -0.39 is 24.3 Å². The summed E-state index contributed by atoms with van der Waals surface area (Å²) in [6, 6.07) is 11.5. The van der Waals surface area contributed by atoms with Crippen LogP contribution in [-0.2, 0) is 16.1 Å². The van der Waals surface area contributed by atoms with Crippen LogP contribution in [0.1, 0.15) is 30.2 Å². The highest BCUT2D eigenvalue weighted by molar-refractivity contribution is 6.30. The van der Waals surface area contributed by atoms with E-state index in [9.17, 15) is 14.4 Å². The van der Waals surface area contributed by atoms with Crippen LogP contribution in [0.25, 0.3) is 10.9 Å². The van der Waals surface area contributed by atoms with Crippen molar-refractivity contribution in [1.29, 1.82) is 0 Å². The number of hydrogen-bond donors (Lipinski definition) is 3. The van der Waals surface area contributed by atoms with Crippen molar-refractivity contribution < 1.29 is 19.1 Å². The van der Waals surface area contributed by atoms with Crippen molar-refractivity contribution >= 4 is 46.2 Å². The topological polar surface area (TPSA) is 124 Å². The molecule has 4 N–H and O–H groups in total. The van der Waals surface area contributed by atoms with E-state index in [2.05, 4.69) is 10.3 Å². The average Bonchev–Trinajstić information content (AvgIpc) is 3.14. The first-order valence-electron chi connectivity index (χ1n) is 11.6. The molecule has 1 unspecified atom stereocenters. The van der Waals surface area contributed by atoms with E-state index >= 15 is 0 Å². The number of esters is 1. The van der Waals surface area contributed by atoms with E-state index in [1.165, 1.54) is 4.90 Å². The molecule has 3 aromatic rings. The number of halogens is 1. The Morgan fingerprint density at radius 1 is 1.14 bits per heavy atom. The third-order valence-corrected chi connectivity index (χ3v) is 6.45. The summed E-state index contributed by atoms with van der Waals surface area (Å²) in [6.45, 7) is 5.92. The first-order chi connectivity index (χ1) is 17.2. The summed E-state index contributed by atoms with van der Waals surface area (Å²) in [6.07, 6.45) is -1.10. The van der Waals surface area contributed by atoms with Crippen LogP contribution in [0, 0.1) is 13.8 Å². The van der Waals surface area contributed by atoms with Crippen molar-refractivity contribution in [2.24, 2.45) is 5.84 Å². The van der Waals surface area contributed by atoms with Gasteiger partial charge >= 0.3 is 18.0 Å². The smallest absolute Gasteiger partial charge is 0.345 e. The molecule has 1 aromatic heterocycles. The van der Waals surface area contributed by atoms with Gasteiger partial charge in [-0.3, -0.25) is 9.69 Å². The number of fused-ring (bicyclic) bond motifs is 1. The van der Waals surface area contributed by atoms with Gasteiger partial charge in [-0.2, -0.15) is 0 Å². The maximum atomic E-state index is 13.5. The van der Waals surface area contributed by atoms with Gasteiger partial charge in [0.2, 0.25) is 6.29 Å². The van der Waals surface area contributed by atoms with Crippen LogP contribution in [0.2, 0.25) is 5.02 Å². The third-order valence-electron chi connectivity index (χ3n) is 6.20. The zero-order valence-corrected chi connectivity index (χ0v) is 21.1. The van der Waals surface area contributed by atoms with Crippen LogP contribution < -0.4 is 11.2 Å². The number of urea groups is 2. The number of benzene rings is 2. The largest absolute Gasteiger partial charge is 0.466 e. The standard InChI is InChI=1S/C25H29ClN6O4/c1-4-36-22(33)11-12-30-24(34)31(14-17-5-7-18(26)8-6-17)23(32(27)25(30)35)29-19-9-10-21-20(13-19)15(2)16(3)28-21/h5-10,13,23,28-29H,4,11-12,14,27H2,1-3H3. The van der Waals surface area contributed by atoms with E-state index in [-0.39, 0.29) is 26.1 Å². The number of nitrogens with zero attached hydrogens (tertiary/aromatic N) is 3. The molecular weight excluding hydrogens is 484 g/mol. The molecule has 2 heterocycles. The Balaban J connectivity index is 1.64. The molecule has 4 rings (SSSR count). The number of aromatic nitrogens is 1. The summed E-state index contributed by atoms with van der Waals surface area (Å²) in [5.41, 5.74) is 4.63. The summed E-state index contributed by atoms with van der Waals surface area (Å²) in [4.78, 5) is 44.2. The number of H-pyrrole nitrogens is 1. The molecule has 2 aromatic carbocycles. The monoisotopic (exact) mass is 512 g/mol. The fourth-order valence-electron chi connectivity index (χ4n) is 4.15. The summed E-state index contributed by atoms with van der Waals surface area (Å²) in [5.74, 6) is 5.74. The Hall–Kier alpha value is -3.76. The molecule has 0 radical (unpaired) electrons. The molecule has 0 saturated carbocycles. The summed E-state index contributed by atoms with van der Waals surface area (Å²) >= 11 is 6.02. The van der Waals surface area contributed by atoms with Gasteiger partial charge < -0.3 is 15.0 Å². The maximum absolute atomic E-state index is 13.5. The Kier molecular flexibility index (Phi) is 7.37. The van der Waals surface area contributed by atoms with Gasteiger partial charge in [-0.05, 0) is 62.2 Å². The number of rotatable bonds is 8. The number of aryl methyl sites for hydroxylation is 2. The summed E-state index contributed by atoms with van der Waals surface area (Å²) in [7, 11) is 0. The second-order valence-electron chi connectivity index (χ2n) is 8.59. The Bertz CT molecular complexity index is 1290. The minimum atomic E-state index is -0.975. The highest BCUT2D eigenvalue weighted by Crippen LogP contribution is 2.27. The predicted molar refractivity (Wildman–Crippen MR) is 137 cm³/mol. The van der Waals surface area contributed by atoms with Crippen LogP contribution >= 0.6 is 11.6 Å². The Labute approximate surface area is 213 Å². The minimum Gasteiger partial charge on any atom is -0.466 e. The number of amides is 4. The van der Waals surface area contributed by atoms with Crippen molar-refractivity contribution in [2.75, 3.05) is 18.5 Å². The molecule has 1 aliphatic heterocycles. The van der Waals surface area contributed by atoms with Gasteiger partial charge in [0.05, 0.1) is 19.6 Å². The molecular formula is C25H29ClN6O4. The van der Waals surface area contributed by atoms with Gasteiger partial charge in [0.25, 0.3) is 0 Å². The van der Waals surface area contributed by atoms with Gasteiger partial charge in [0, 0.05) is 33.9 Å². The molecule has 190 valence electrons. The molecule has 1 atom stereocenters. The number of nitrogens with two attached hydrogens (primary N) is 1. The first kappa shape index (κ1) is 25.3. The number of hydrogen-bond acceptors (Lipinski definition) is 6. The summed E-state index contributed by atoms with van der Waals surface area (Å²) < 4.78 is 4.94. The first-order valence-corrected chi connectivity index (χ1v) is 12.0. The quantitative estimate of drug-likeness (QED) is 0.234. The van der Waals surface area contributed by atoms with Crippen molar-refractivity contribution in [1.82, 2.24) is 19.8 Å². The van der Waals surface area contributed by atoms with E-state index in [1.54, 1.807) is 31.2 Å². The number of nitrogens with one attached hydrogen (secondary N) is 2. The fourth-order valence-corrected chi connectivity index (χ4v) is 4.28. The van der Waals surface area contributed by atoms with E-state index in [1.807, 2.05) is 32.0 Å². The molecule has 11 heteroatoms. The second-order valence-corrected chi connectivity index (χ2v) is 9.02. The van der Waals surface area contributed by atoms with Crippen LogP contribution in [-0.4, -0.2) is 57.3 Å². The lowest BCUT2D eigenvalue weighted by Crippen LogP contribution is -2.70.